The van der Waals surface area contributed by atoms with Gasteiger partial charge in [-0.05, 0) is 40.8 Å². The van der Waals surface area contributed by atoms with Crippen LogP contribution in [0.2, 0.25) is 0 Å². The Hall–Kier alpha value is -1.89. The molecule has 1 amide bonds. The average Bonchev–Trinajstić information content (AvgIpc) is 2.93. The third-order valence-electron chi connectivity index (χ3n) is 3.37. The van der Waals surface area contributed by atoms with E-state index in [1.165, 1.54) is 11.8 Å². The lowest BCUT2D eigenvalue weighted by molar-refractivity contribution is -0.113. The molecule has 0 radical (unpaired) electrons. The highest BCUT2D eigenvalue weighted by molar-refractivity contribution is 7.99. The zero-order chi connectivity index (χ0) is 16.8. The lowest BCUT2D eigenvalue weighted by Gasteiger charge is -2.12. The Kier molecular flexibility index (Phi) is 6.15. The van der Waals surface area contributed by atoms with Gasteiger partial charge in [-0.2, -0.15) is 0 Å². The molecule has 124 valence electrons. The summed E-state index contributed by atoms with van der Waals surface area (Å²) in [6.07, 6.45) is 0.886. The normalized spacial score (nSPS) is 11.0. The molecule has 0 saturated carbocycles. The molecule has 2 aromatic rings. The molecule has 7 heteroatoms. The van der Waals surface area contributed by atoms with Gasteiger partial charge in [0.1, 0.15) is 0 Å². The van der Waals surface area contributed by atoms with Crippen molar-refractivity contribution < 1.29 is 4.79 Å². The van der Waals surface area contributed by atoms with Gasteiger partial charge in [-0.3, -0.25) is 4.79 Å². The number of aromatic nitrogens is 4. The average molecular weight is 333 g/mol. The van der Waals surface area contributed by atoms with Gasteiger partial charge in [0.05, 0.1) is 5.75 Å². The number of anilines is 1. The van der Waals surface area contributed by atoms with Crippen LogP contribution in [0.25, 0.3) is 0 Å². The summed E-state index contributed by atoms with van der Waals surface area (Å²) in [6.45, 7) is 9.04. The van der Waals surface area contributed by atoms with E-state index in [-0.39, 0.29) is 11.7 Å². The number of nitrogens with one attached hydrogen (secondary N) is 1. The van der Waals surface area contributed by atoms with Gasteiger partial charge in [-0.1, -0.05) is 50.7 Å². The predicted octanol–water partition coefficient (Wildman–Crippen LogP) is 2.93. The van der Waals surface area contributed by atoms with Crippen molar-refractivity contribution in [3.05, 3.63) is 29.3 Å². The maximum Gasteiger partial charge on any atom is 0.234 e. The molecule has 1 N–H and O–H groups in total. The summed E-state index contributed by atoms with van der Waals surface area (Å²) in [5.41, 5.74) is 3.14. The number of hydrogen-bond donors (Lipinski definition) is 1. The largest absolute Gasteiger partial charge is 0.325 e. The van der Waals surface area contributed by atoms with Gasteiger partial charge in [0.25, 0.3) is 0 Å². The molecule has 2 rings (SSSR count). The van der Waals surface area contributed by atoms with Crippen molar-refractivity contribution in [1.29, 1.82) is 0 Å². The molecule has 0 saturated heterocycles. The molecular weight excluding hydrogens is 310 g/mol. The van der Waals surface area contributed by atoms with E-state index in [9.17, 15) is 4.79 Å². The first-order chi connectivity index (χ1) is 11.0. The van der Waals surface area contributed by atoms with Crippen molar-refractivity contribution in [2.24, 2.45) is 5.92 Å². The number of para-hydroxylation sites is 1. The van der Waals surface area contributed by atoms with Gasteiger partial charge in [-0.25, -0.2) is 4.68 Å². The highest BCUT2D eigenvalue weighted by Crippen LogP contribution is 2.22. The fraction of sp³-hybridized carbons (Fsp3) is 0.500. The number of tetrazole rings is 1. The van der Waals surface area contributed by atoms with Crippen LogP contribution in [0.15, 0.2) is 23.4 Å². The first-order valence-electron chi connectivity index (χ1n) is 7.78. The topological polar surface area (TPSA) is 72.7 Å². The smallest absolute Gasteiger partial charge is 0.234 e. The summed E-state index contributed by atoms with van der Waals surface area (Å²) in [6, 6.07) is 6.06. The monoisotopic (exact) mass is 333 g/mol. The number of hydrogen-bond acceptors (Lipinski definition) is 5. The Morgan fingerprint density at radius 3 is 2.87 bits per heavy atom. The molecule has 1 aromatic carbocycles. The second kappa shape index (κ2) is 8.10. The summed E-state index contributed by atoms with van der Waals surface area (Å²) in [7, 11) is 0. The van der Waals surface area contributed by atoms with Crippen molar-refractivity contribution >= 4 is 23.4 Å². The quantitative estimate of drug-likeness (QED) is 0.789. The number of carbonyl (C=O) groups is 1. The van der Waals surface area contributed by atoms with Crippen LogP contribution < -0.4 is 5.32 Å². The molecule has 0 bridgehead atoms. The maximum absolute atomic E-state index is 12.3. The van der Waals surface area contributed by atoms with E-state index in [4.69, 9.17) is 0 Å². The number of rotatable bonds is 7. The van der Waals surface area contributed by atoms with Crippen LogP contribution >= 0.6 is 11.8 Å². The van der Waals surface area contributed by atoms with Gasteiger partial charge in [0, 0.05) is 12.2 Å². The number of carbonyl (C=O) groups excluding carboxylic acids is 1. The lowest BCUT2D eigenvalue weighted by atomic mass is 10.1. The highest BCUT2D eigenvalue weighted by Gasteiger charge is 2.13. The third kappa shape index (κ3) is 4.79. The van der Waals surface area contributed by atoms with Gasteiger partial charge >= 0.3 is 0 Å². The summed E-state index contributed by atoms with van der Waals surface area (Å²) in [4.78, 5) is 12.3. The fourth-order valence-electron chi connectivity index (χ4n) is 2.27. The van der Waals surface area contributed by atoms with E-state index >= 15 is 0 Å². The molecule has 0 unspecified atom stereocenters. The van der Waals surface area contributed by atoms with E-state index in [1.807, 2.05) is 25.1 Å². The first-order valence-corrected chi connectivity index (χ1v) is 8.77. The van der Waals surface area contributed by atoms with Crippen molar-refractivity contribution in [2.75, 3.05) is 11.1 Å². The van der Waals surface area contributed by atoms with E-state index in [0.29, 0.717) is 11.1 Å². The number of benzene rings is 1. The van der Waals surface area contributed by atoms with Gasteiger partial charge < -0.3 is 5.32 Å². The van der Waals surface area contributed by atoms with Crippen molar-refractivity contribution in [1.82, 2.24) is 20.2 Å². The minimum absolute atomic E-state index is 0.0434. The van der Waals surface area contributed by atoms with Crippen LogP contribution in [-0.2, 0) is 17.8 Å². The third-order valence-corrected chi connectivity index (χ3v) is 4.33. The molecular formula is C16H23N5OS. The van der Waals surface area contributed by atoms with Crippen molar-refractivity contribution in [3.63, 3.8) is 0 Å². The molecule has 23 heavy (non-hydrogen) atoms. The maximum atomic E-state index is 12.3. The summed E-state index contributed by atoms with van der Waals surface area (Å²) >= 11 is 1.36. The van der Waals surface area contributed by atoms with E-state index in [2.05, 4.69) is 41.6 Å². The number of amides is 1. The summed E-state index contributed by atoms with van der Waals surface area (Å²) in [5.74, 6) is 0.694. The van der Waals surface area contributed by atoms with Crippen molar-refractivity contribution in [2.45, 2.75) is 45.8 Å². The number of thioether (sulfide) groups is 1. The second-order valence-electron chi connectivity index (χ2n) is 5.84. The Labute approximate surface area is 141 Å². The Morgan fingerprint density at radius 2 is 2.17 bits per heavy atom. The molecule has 6 nitrogen and oxygen atoms in total. The van der Waals surface area contributed by atoms with Crippen LogP contribution in [0.4, 0.5) is 5.69 Å². The van der Waals surface area contributed by atoms with Crippen LogP contribution in [0, 0.1) is 12.8 Å². The summed E-state index contributed by atoms with van der Waals surface area (Å²) in [5, 5.41) is 15.3. The molecule has 0 aliphatic rings. The molecule has 0 aliphatic heterocycles. The van der Waals surface area contributed by atoms with Gasteiger partial charge in [-0.15, -0.1) is 5.10 Å². The Morgan fingerprint density at radius 1 is 1.39 bits per heavy atom. The van der Waals surface area contributed by atoms with Crippen LogP contribution in [-0.4, -0.2) is 31.9 Å². The van der Waals surface area contributed by atoms with E-state index in [1.54, 1.807) is 4.68 Å². The number of aryl methyl sites for hydroxylation is 2. The van der Waals surface area contributed by atoms with Gasteiger partial charge in [0.15, 0.2) is 0 Å². The highest BCUT2D eigenvalue weighted by atomic mass is 32.2. The predicted molar refractivity (Wildman–Crippen MR) is 92.6 cm³/mol. The molecule has 0 fully saturated rings. The standard InChI is InChI=1S/C16H23N5OS/c1-5-13-8-6-7-12(4)15(13)17-14(22)10-23-16-18-19-20-21(16)9-11(2)3/h6-8,11H,5,9-10H2,1-4H3,(H,17,22). The molecule has 1 aromatic heterocycles. The minimum Gasteiger partial charge on any atom is -0.325 e. The van der Waals surface area contributed by atoms with Crippen LogP contribution in [0.1, 0.15) is 31.9 Å². The zero-order valence-corrected chi connectivity index (χ0v) is 14.9. The molecule has 1 heterocycles. The molecule has 0 atom stereocenters. The fourth-order valence-corrected chi connectivity index (χ4v) is 2.95. The zero-order valence-electron chi connectivity index (χ0n) is 14.0. The van der Waals surface area contributed by atoms with Crippen LogP contribution in [0.3, 0.4) is 0 Å². The summed E-state index contributed by atoms with van der Waals surface area (Å²) < 4.78 is 1.74. The van der Waals surface area contributed by atoms with E-state index < -0.39 is 0 Å². The Bertz CT molecular complexity index is 668. The molecule has 0 spiro atoms. The van der Waals surface area contributed by atoms with Crippen LogP contribution in [0.5, 0.6) is 0 Å². The lowest BCUT2D eigenvalue weighted by Crippen LogP contribution is -2.17. The van der Waals surface area contributed by atoms with E-state index in [0.717, 1.165) is 29.8 Å². The van der Waals surface area contributed by atoms with Gasteiger partial charge in [0.2, 0.25) is 11.1 Å². The minimum atomic E-state index is -0.0434. The number of nitrogens with zero attached hydrogens (tertiary/aromatic N) is 4. The SMILES string of the molecule is CCc1cccc(C)c1NC(=O)CSc1nnnn1CC(C)C. The van der Waals surface area contributed by atoms with Crippen molar-refractivity contribution in [3.8, 4) is 0 Å². The first kappa shape index (κ1) is 17.5. The molecule has 0 aliphatic carbocycles. The Balaban J connectivity index is 1.98. The second-order valence-corrected chi connectivity index (χ2v) is 6.78.